The summed E-state index contributed by atoms with van der Waals surface area (Å²) in [6.07, 6.45) is 2.72. The molecule has 0 spiro atoms. The van der Waals surface area contributed by atoms with Crippen LogP contribution in [-0.4, -0.2) is 41.6 Å². The zero-order valence-electron chi connectivity index (χ0n) is 9.27. The fourth-order valence-corrected chi connectivity index (χ4v) is 2.67. The first-order valence-corrected chi connectivity index (χ1v) is 5.68. The molecule has 1 N–H and O–H groups in total. The standard InChI is InChI=1S/C11H15N3O2/c1-7-10(4-13-16-7)11(15)14-5-8-2-9(6-14)12-3-8/h4,8-9,12H,2-3,5-6H2,1H3. The van der Waals surface area contributed by atoms with Crippen LogP contribution in [0.4, 0.5) is 0 Å². The zero-order valence-corrected chi connectivity index (χ0v) is 9.27. The summed E-state index contributed by atoms with van der Waals surface area (Å²) < 4.78 is 4.93. The summed E-state index contributed by atoms with van der Waals surface area (Å²) in [5, 5.41) is 7.08. The zero-order chi connectivity index (χ0) is 11.1. The SMILES string of the molecule is Cc1oncc1C(=O)N1CC2CNC(C2)C1. The molecule has 1 amide bonds. The van der Waals surface area contributed by atoms with Crippen LogP contribution in [0, 0.1) is 12.8 Å². The lowest BCUT2D eigenvalue weighted by molar-refractivity contribution is 0.0690. The normalized spacial score (nSPS) is 28.4. The average molecular weight is 221 g/mol. The third-order valence-corrected chi connectivity index (χ3v) is 3.50. The molecule has 86 valence electrons. The molecule has 5 heteroatoms. The van der Waals surface area contributed by atoms with Crippen LogP contribution in [0.15, 0.2) is 10.7 Å². The van der Waals surface area contributed by atoms with Crippen LogP contribution < -0.4 is 5.32 Å². The molecule has 2 saturated heterocycles. The van der Waals surface area contributed by atoms with E-state index in [-0.39, 0.29) is 5.91 Å². The van der Waals surface area contributed by atoms with Crippen LogP contribution >= 0.6 is 0 Å². The van der Waals surface area contributed by atoms with Crippen LogP contribution in [0.3, 0.4) is 0 Å². The van der Waals surface area contributed by atoms with Gasteiger partial charge in [0.1, 0.15) is 11.3 Å². The summed E-state index contributed by atoms with van der Waals surface area (Å²) in [6, 6.07) is 0.475. The van der Waals surface area contributed by atoms with Gasteiger partial charge in [-0.05, 0) is 19.3 Å². The van der Waals surface area contributed by atoms with Gasteiger partial charge in [0, 0.05) is 25.7 Å². The lowest BCUT2D eigenvalue weighted by Gasteiger charge is -2.30. The van der Waals surface area contributed by atoms with E-state index in [1.807, 2.05) is 4.90 Å². The van der Waals surface area contributed by atoms with Crippen LogP contribution in [0.5, 0.6) is 0 Å². The number of aryl methyl sites for hydroxylation is 1. The number of carbonyl (C=O) groups is 1. The fraction of sp³-hybridized carbons (Fsp3) is 0.636. The average Bonchev–Trinajstić information content (AvgIpc) is 2.84. The molecule has 5 nitrogen and oxygen atoms in total. The van der Waals surface area contributed by atoms with E-state index in [9.17, 15) is 4.79 Å². The number of nitrogens with zero attached hydrogens (tertiary/aromatic N) is 2. The molecular formula is C11H15N3O2. The molecule has 2 atom stereocenters. The predicted molar refractivity (Wildman–Crippen MR) is 57.0 cm³/mol. The molecule has 1 aromatic heterocycles. The Labute approximate surface area is 93.8 Å². The molecule has 0 aromatic carbocycles. The smallest absolute Gasteiger partial charge is 0.259 e. The Balaban J connectivity index is 1.79. The highest BCUT2D eigenvalue weighted by Gasteiger charge is 2.35. The van der Waals surface area contributed by atoms with E-state index in [1.165, 1.54) is 12.6 Å². The Hall–Kier alpha value is -1.36. The maximum Gasteiger partial charge on any atom is 0.259 e. The largest absolute Gasteiger partial charge is 0.361 e. The van der Waals surface area contributed by atoms with Crippen molar-refractivity contribution in [3.05, 3.63) is 17.5 Å². The second-order valence-corrected chi connectivity index (χ2v) is 4.71. The van der Waals surface area contributed by atoms with Crippen molar-refractivity contribution in [2.24, 2.45) is 5.92 Å². The van der Waals surface area contributed by atoms with Gasteiger partial charge in [0.05, 0.1) is 6.20 Å². The molecule has 2 aliphatic heterocycles. The molecule has 1 aromatic rings. The Bertz CT molecular complexity index is 403. The van der Waals surface area contributed by atoms with E-state index < -0.39 is 0 Å². The number of rotatable bonds is 1. The van der Waals surface area contributed by atoms with Gasteiger partial charge >= 0.3 is 0 Å². The van der Waals surface area contributed by atoms with E-state index in [1.54, 1.807) is 6.92 Å². The summed E-state index contributed by atoms with van der Waals surface area (Å²) >= 11 is 0. The second-order valence-electron chi connectivity index (χ2n) is 4.71. The number of carbonyl (C=O) groups excluding carboxylic acids is 1. The van der Waals surface area contributed by atoms with Gasteiger partial charge in [0.15, 0.2) is 0 Å². The first-order valence-electron chi connectivity index (χ1n) is 5.68. The van der Waals surface area contributed by atoms with Crippen LogP contribution in [0.25, 0.3) is 0 Å². The van der Waals surface area contributed by atoms with Crippen LogP contribution in [0.1, 0.15) is 22.5 Å². The minimum atomic E-state index is 0.0529. The number of aromatic nitrogens is 1. The fourth-order valence-electron chi connectivity index (χ4n) is 2.67. The molecule has 0 aliphatic carbocycles. The Morgan fingerprint density at radius 2 is 2.50 bits per heavy atom. The van der Waals surface area contributed by atoms with Crippen molar-refractivity contribution < 1.29 is 9.32 Å². The van der Waals surface area contributed by atoms with Crippen LogP contribution in [0.2, 0.25) is 0 Å². The maximum absolute atomic E-state index is 12.2. The van der Waals surface area contributed by atoms with Crippen molar-refractivity contribution in [2.75, 3.05) is 19.6 Å². The van der Waals surface area contributed by atoms with E-state index in [2.05, 4.69) is 10.5 Å². The van der Waals surface area contributed by atoms with Gasteiger partial charge in [0.25, 0.3) is 5.91 Å². The van der Waals surface area contributed by atoms with Gasteiger partial charge in [-0.2, -0.15) is 0 Å². The van der Waals surface area contributed by atoms with Gasteiger partial charge in [-0.15, -0.1) is 0 Å². The van der Waals surface area contributed by atoms with Crippen LogP contribution in [-0.2, 0) is 0 Å². The topological polar surface area (TPSA) is 58.4 Å². The summed E-state index contributed by atoms with van der Waals surface area (Å²) in [4.78, 5) is 14.1. The monoisotopic (exact) mass is 221 g/mol. The van der Waals surface area contributed by atoms with Gasteiger partial charge in [-0.25, -0.2) is 0 Å². The Kier molecular flexibility index (Phi) is 2.21. The van der Waals surface area contributed by atoms with Crippen molar-refractivity contribution in [3.8, 4) is 0 Å². The highest BCUT2D eigenvalue weighted by molar-refractivity contribution is 5.94. The molecule has 3 heterocycles. The van der Waals surface area contributed by atoms with Gasteiger partial charge < -0.3 is 14.7 Å². The summed E-state index contributed by atoms with van der Waals surface area (Å²) in [6.45, 7) is 4.47. The van der Waals surface area contributed by atoms with Crippen molar-refractivity contribution in [1.82, 2.24) is 15.4 Å². The van der Waals surface area contributed by atoms with Gasteiger partial charge in [-0.1, -0.05) is 5.16 Å². The number of nitrogens with one attached hydrogen (secondary N) is 1. The number of hydrogen-bond acceptors (Lipinski definition) is 4. The molecule has 2 unspecified atom stereocenters. The highest BCUT2D eigenvalue weighted by atomic mass is 16.5. The number of likely N-dealkylation sites (tertiary alicyclic amines) is 1. The van der Waals surface area contributed by atoms with E-state index in [4.69, 9.17) is 4.52 Å². The predicted octanol–water partition coefficient (Wildman–Crippen LogP) is 0.417. The lowest BCUT2D eigenvalue weighted by atomic mass is 9.99. The first-order chi connectivity index (χ1) is 7.74. The number of amides is 1. The number of fused-ring (bicyclic) bond motifs is 2. The molecule has 0 saturated carbocycles. The second kappa shape index (κ2) is 3.59. The summed E-state index contributed by atoms with van der Waals surface area (Å²) in [5.41, 5.74) is 0.598. The molecule has 2 aliphatic rings. The third kappa shape index (κ3) is 1.51. The highest BCUT2D eigenvalue weighted by Crippen LogP contribution is 2.24. The molecule has 2 fully saturated rings. The molecule has 0 radical (unpaired) electrons. The molecule has 2 bridgehead atoms. The van der Waals surface area contributed by atoms with E-state index in [0.717, 1.165) is 19.6 Å². The molecule has 16 heavy (non-hydrogen) atoms. The Morgan fingerprint density at radius 1 is 1.62 bits per heavy atom. The lowest BCUT2D eigenvalue weighted by Crippen LogP contribution is -2.44. The minimum Gasteiger partial charge on any atom is -0.361 e. The van der Waals surface area contributed by atoms with Crippen molar-refractivity contribution in [3.63, 3.8) is 0 Å². The van der Waals surface area contributed by atoms with E-state index >= 15 is 0 Å². The minimum absolute atomic E-state index is 0.0529. The Morgan fingerprint density at radius 3 is 3.19 bits per heavy atom. The summed E-state index contributed by atoms with van der Waals surface area (Å²) in [7, 11) is 0. The third-order valence-electron chi connectivity index (χ3n) is 3.50. The van der Waals surface area contributed by atoms with E-state index in [0.29, 0.717) is 23.3 Å². The summed E-state index contributed by atoms with van der Waals surface area (Å²) in [5.74, 6) is 1.27. The molecule has 3 rings (SSSR count). The van der Waals surface area contributed by atoms with Gasteiger partial charge in [-0.3, -0.25) is 4.79 Å². The van der Waals surface area contributed by atoms with Gasteiger partial charge in [0.2, 0.25) is 0 Å². The number of hydrogen-bond donors (Lipinski definition) is 1. The van der Waals surface area contributed by atoms with Crippen molar-refractivity contribution in [2.45, 2.75) is 19.4 Å². The van der Waals surface area contributed by atoms with Crippen molar-refractivity contribution in [1.29, 1.82) is 0 Å². The maximum atomic E-state index is 12.2. The first kappa shape index (κ1) is 9.84. The quantitative estimate of drug-likeness (QED) is 0.746. The van der Waals surface area contributed by atoms with Crippen molar-refractivity contribution >= 4 is 5.91 Å². The number of piperidine rings is 1. The molecular weight excluding hydrogens is 206 g/mol.